The highest BCUT2D eigenvalue weighted by Gasteiger charge is 2.13. The van der Waals surface area contributed by atoms with Crippen molar-refractivity contribution in [2.45, 2.75) is 51.0 Å². The highest BCUT2D eigenvalue weighted by molar-refractivity contribution is 4.59. The zero-order chi connectivity index (χ0) is 8.65. The predicted molar refractivity (Wildman–Crippen MR) is 48.5 cm³/mol. The minimum atomic E-state index is 0.364. The molecule has 12 heavy (non-hydrogen) atoms. The van der Waals surface area contributed by atoms with Crippen molar-refractivity contribution in [2.24, 2.45) is 0 Å². The van der Waals surface area contributed by atoms with Gasteiger partial charge in [-0.1, -0.05) is 32.6 Å². The van der Waals surface area contributed by atoms with Crippen LogP contribution in [0.3, 0.4) is 0 Å². The fraction of sp³-hybridized carbons (Fsp3) is 0.900. The molecular formula is C10H19O2. The summed E-state index contributed by atoms with van der Waals surface area (Å²) in [5.41, 5.74) is 0. The largest absolute Gasteiger partial charge is 0.236 e. The summed E-state index contributed by atoms with van der Waals surface area (Å²) in [5, 5.41) is 0. The summed E-state index contributed by atoms with van der Waals surface area (Å²) < 4.78 is 0. The molecule has 0 amide bonds. The molecule has 1 saturated heterocycles. The Bertz CT molecular complexity index is 98.0. The quantitative estimate of drug-likeness (QED) is 0.468. The topological polar surface area (TPSA) is 18.5 Å². The summed E-state index contributed by atoms with van der Waals surface area (Å²) in [5.74, 6) is 0. The number of hydrogen-bond donors (Lipinski definition) is 0. The van der Waals surface area contributed by atoms with Crippen LogP contribution in [0.25, 0.3) is 0 Å². The average molecular weight is 171 g/mol. The third-order valence-electron chi connectivity index (χ3n) is 2.23. The molecule has 2 heteroatoms. The van der Waals surface area contributed by atoms with E-state index in [1.807, 2.05) is 0 Å². The third-order valence-corrected chi connectivity index (χ3v) is 2.23. The van der Waals surface area contributed by atoms with Gasteiger partial charge in [-0.2, -0.15) is 0 Å². The van der Waals surface area contributed by atoms with Crippen LogP contribution in [-0.4, -0.2) is 12.7 Å². The highest BCUT2D eigenvalue weighted by atomic mass is 17.2. The molecule has 0 N–H and O–H groups in total. The Morgan fingerprint density at radius 1 is 1.25 bits per heavy atom. The Kier molecular flexibility index (Phi) is 5.37. The maximum Gasteiger partial charge on any atom is 0.0930 e. The van der Waals surface area contributed by atoms with Crippen LogP contribution < -0.4 is 0 Å². The molecule has 1 aliphatic heterocycles. The van der Waals surface area contributed by atoms with Crippen molar-refractivity contribution in [1.82, 2.24) is 0 Å². The highest BCUT2D eigenvalue weighted by Crippen LogP contribution is 2.16. The van der Waals surface area contributed by atoms with E-state index in [0.717, 1.165) is 25.9 Å². The van der Waals surface area contributed by atoms with Gasteiger partial charge in [0, 0.05) is 0 Å². The van der Waals surface area contributed by atoms with Crippen LogP contribution in [0.1, 0.15) is 44.9 Å². The molecule has 1 unspecified atom stereocenters. The van der Waals surface area contributed by atoms with E-state index in [1.54, 1.807) is 0 Å². The van der Waals surface area contributed by atoms with Crippen molar-refractivity contribution in [1.29, 1.82) is 0 Å². The average Bonchev–Trinajstić information content (AvgIpc) is 2.14. The first-order valence-electron chi connectivity index (χ1n) is 5.01. The molecule has 1 atom stereocenters. The van der Waals surface area contributed by atoms with Gasteiger partial charge in [0.25, 0.3) is 0 Å². The van der Waals surface area contributed by atoms with Crippen LogP contribution in [0.5, 0.6) is 0 Å². The summed E-state index contributed by atoms with van der Waals surface area (Å²) in [6, 6.07) is 0. The number of hydrogen-bond acceptors (Lipinski definition) is 2. The molecule has 1 rings (SSSR count). The SMILES string of the molecule is [CH2]CCCCCC1CCCOO1. The molecule has 0 bridgehead atoms. The van der Waals surface area contributed by atoms with Crippen molar-refractivity contribution < 1.29 is 9.78 Å². The lowest BCUT2D eigenvalue weighted by atomic mass is 10.1. The molecule has 1 fully saturated rings. The molecule has 2 nitrogen and oxygen atoms in total. The minimum Gasteiger partial charge on any atom is -0.236 e. The molecule has 71 valence electrons. The van der Waals surface area contributed by atoms with Gasteiger partial charge in [-0.25, -0.2) is 9.78 Å². The van der Waals surface area contributed by atoms with Gasteiger partial charge in [0.05, 0.1) is 12.7 Å². The van der Waals surface area contributed by atoms with Crippen LogP contribution >= 0.6 is 0 Å². The summed E-state index contributed by atoms with van der Waals surface area (Å²) in [6.45, 7) is 4.59. The van der Waals surface area contributed by atoms with E-state index in [4.69, 9.17) is 9.78 Å². The smallest absolute Gasteiger partial charge is 0.0930 e. The zero-order valence-corrected chi connectivity index (χ0v) is 7.76. The standard InChI is InChI=1S/C10H19O2/c1-2-3-4-5-7-10-8-6-9-11-12-10/h10H,1-9H2. The van der Waals surface area contributed by atoms with Crippen LogP contribution in [0.2, 0.25) is 0 Å². The summed E-state index contributed by atoms with van der Waals surface area (Å²) in [6.07, 6.45) is 8.68. The van der Waals surface area contributed by atoms with Gasteiger partial charge in [-0.15, -0.1) is 0 Å². The number of rotatable bonds is 5. The molecule has 0 spiro atoms. The molecule has 1 heterocycles. The van der Waals surface area contributed by atoms with Gasteiger partial charge in [-0.05, 0) is 19.3 Å². The van der Waals surface area contributed by atoms with Crippen molar-refractivity contribution in [3.05, 3.63) is 6.92 Å². The molecular weight excluding hydrogens is 152 g/mol. The number of unbranched alkanes of at least 4 members (excludes halogenated alkanes) is 3. The van der Waals surface area contributed by atoms with E-state index in [-0.39, 0.29) is 0 Å². The van der Waals surface area contributed by atoms with Crippen LogP contribution in [0.4, 0.5) is 0 Å². The Morgan fingerprint density at radius 2 is 2.17 bits per heavy atom. The van der Waals surface area contributed by atoms with Gasteiger partial charge in [0.15, 0.2) is 0 Å². The van der Waals surface area contributed by atoms with E-state index < -0.39 is 0 Å². The van der Waals surface area contributed by atoms with Crippen molar-refractivity contribution in [3.8, 4) is 0 Å². The second kappa shape index (κ2) is 6.44. The van der Waals surface area contributed by atoms with Gasteiger partial charge in [-0.3, -0.25) is 0 Å². The monoisotopic (exact) mass is 171 g/mol. The van der Waals surface area contributed by atoms with E-state index in [0.29, 0.717) is 6.10 Å². The Labute approximate surface area is 75.2 Å². The van der Waals surface area contributed by atoms with Gasteiger partial charge >= 0.3 is 0 Å². The molecule has 1 aliphatic rings. The second-order valence-corrected chi connectivity index (χ2v) is 3.39. The minimum absolute atomic E-state index is 0.364. The fourth-order valence-electron chi connectivity index (χ4n) is 1.48. The fourth-order valence-corrected chi connectivity index (χ4v) is 1.48. The van der Waals surface area contributed by atoms with E-state index in [1.165, 1.54) is 25.7 Å². The molecule has 0 aromatic heterocycles. The van der Waals surface area contributed by atoms with Gasteiger partial charge in [0.2, 0.25) is 0 Å². The normalized spacial score (nSPS) is 24.2. The van der Waals surface area contributed by atoms with Crippen LogP contribution in [0.15, 0.2) is 0 Å². The second-order valence-electron chi connectivity index (χ2n) is 3.39. The van der Waals surface area contributed by atoms with E-state index >= 15 is 0 Å². The van der Waals surface area contributed by atoms with Crippen molar-refractivity contribution in [2.75, 3.05) is 6.61 Å². The molecule has 1 radical (unpaired) electrons. The first-order valence-corrected chi connectivity index (χ1v) is 5.01. The lowest BCUT2D eigenvalue weighted by molar-refractivity contribution is -0.345. The molecule has 0 saturated carbocycles. The molecule has 0 aromatic rings. The lowest BCUT2D eigenvalue weighted by Gasteiger charge is -2.20. The van der Waals surface area contributed by atoms with E-state index in [9.17, 15) is 0 Å². The van der Waals surface area contributed by atoms with Crippen molar-refractivity contribution >= 4 is 0 Å². The first kappa shape index (κ1) is 10.0. The van der Waals surface area contributed by atoms with Crippen LogP contribution in [-0.2, 0) is 9.78 Å². The summed E-state index contributed by atoms with van der Waals surface area (Å²) in [7, 11) is 0. The summed E-state index contributed by atoms with van der Waals surface area (Å²) in [4.78, 5) is 10.1. The maximum atomic E-state index is 5.14. The van der Waals surface area contributed by atoms with Gasteiger partial charge in [0.1, 0.15) is 0 Å². The summed E-state index contributed by atoms with van der Waals surface area (Å²) >= 11 is 0. The molecule has 0 aliphatic carbocycles. The van der Waals surface area contributed by atoms with Gasteiger partial charge < -0.3 is 0 Å². The Hall–Kier alpha value is -0.0800. The maximum absolute atomic E-state index is 5.14. The lowest BCUT2D eigenvalue weighted by Crippen LogP contribution is -2.19. The molecule has 0 aromatic carbocycles. The predicted octanol–water partition coefficient (Wildman–Crippen LogP) is 2.88. The van der Waals surface area contributed by atoms with Crippen molar-refractivity contribution in [3.63, 3.8) is 0 Å². The first-order chi connectivity index (χ1) is 5.93. The zero-order valence-electron chi connectivity index (χ0n) is 7.76. The Balaban J connectivity index is 1.91. The third kappa shape index (κ3) is 4.07. The van der Waals surface area contributed by atoms with Crippen LogP contribution in [0, 0.1) is 6.92 Å². The Morgan fingerprint density at radius 3 is 2.83 bits per heavy atom. The van der Waals surface area contributed by atoms with E-state index in [2.05, 4.69) is 6.92 Å².